The zero-order chi connectivity index (χ0) is 14.8. The van der Waals surface area contributed by atoms with Gasteiger partial charge in [0.2, 0.25) is 5.91 Å². The van der Waals surface area contributed by atoms with Gasteiger partial charge in [0.15, 0.2) is 9.84 Å². The zero-order valence-corrected chi connectivity index (χ0v) is 12.7. The fourth-order valence-corrected chi connectivity index (χ4v) is 4.13. The second-order valence-electron chi connectivity index (χ2n) is 5.68. The number of hydrogen-bond donors (Lipinski definition) is 0. The molecule has 7 heteroatoms. The molecule has 2 heterocycles. The van der Waals surface area contributed by atoms with Crippen LogP contribution in [0.25, 0.3) is 0 Å². The third-order valence-corrected chi connectivity index (χ3v) is 5.72. The van der Waals surface area contributed by atoms with E-state index in [1.54, 1.807) is 4.90 Å². The van der Waals surface area contributed by atoms with E-state index in [1.807, 2.05) is 0 Å². The summed E-state index contributed by atoms with van der Waals surface area (Å²) in [5.41, 5.74) is 0. The van der Waals surface area contributed by atoms with Crippen molar-refractivity contribution < 1.29 is 18.0 Å². The van der Waals surface area contributed by atoms with Gasteiger partial charge in [0.25, 0.3) is 0 Å². The van der Waals surface area contributed by atoms with Crippen LogP contribution < -0.4 is 0 Å². The molecule has 0 aromatic carbocycles. The SMILES string of the molecule is CC(=O)CC(=O)N1CCC(N2CCS(=O)(=O)CC2)CC1. The Morgan fingerprint density at radius 2 is 1.60 bits per heavy atom. The number of nitrogens with zero attached hydrogens (tertiary/aromatic N) is 2. The smallest absolute Gasteiger partial charge is 0.230 e. The molecule has 0 radical (unpaired) electrons. The Balaban J connectivity index is 1.80. The normalized spacial score (nSPS) is 24.6. The Bertz CT molecular complexity index is 467. The third-order valence-electron chi connectivity index (χ3n) is 4.11. The molecule has 0 aliphatic carbocycles. The van der Waals surface area contributed by atoms with Crippen molar-refractivity contribution in [1.82, 2.24) is 9.80 Å². The highest BCUT2D eigenvalue weighted by Gasteiger charge is 2.30. The summed E-state index contributed by atoms with van der Waals surface area (Å²) in [4.78, 5) is 26.7. The highest BCUT2D eigenvalue weighted by molar-refractivity contribution is 7.91. The molecule has 2 rings (SSSR count). The van der Waals surface area contributed by atoms with Crippen LogP contribution in [0.5, 0.6) is 0 Å². The summed E-state index contributed by atoms with van der Waals surface area (Å²) in [6, 6.07) is 0.367. The van der Waals surface area contributed by atoms with Gasteiger partial charge in [-0.2, -0.15) is 0 Å². The standard InChI is InChI=1S/C13H22N2O4S/c1-11(16)10-13(17)15-4-2-12(3-5-15)14-6-8-20(18,19)9-7-14/h12H,2-10H2,1H3. The minimum atomic E-state index is -2.84. The molecule has 0 bridgehead atoms. The van der Waals surface area contributed by atoms with E-state index in [0.29, 0.717) is 32.2 Å². The van der Waals surface area contributed by atoms with Gasteiger partial charge in [-0.15, -0.1) is 0 Å². The van der Waals surface area contributed by atoms with Crippen molar-refractivity contribution in [2.24, 2.45) is 0 Å². The molecule has 0 aromatic rings. The minimum absolute atomic E-state index is 0.00732. The molecule has 2 aliphatic rings. The van der Waals surface area contributed by atoms with E-state index in [9.17, 15) is 18.0 Å². The van der Waals surface area contributed by atoms with E-state index in [1.165, 1.54) is 6.92 Å². The summed E-state index contributed by atoms with van der Waals surface area (Å²) >= 11 is 0. The number of carbonyl (C=O) groups is 2. The Morgan fingerprint density at radius 3 is 2.10 bits per heavy atom. The molecule has 0 saturated carbocycles. The summed E-state index contributed by atoms with van der Waals surface area (Å²) in [7, 11) is -2.84. The first-order valence-electron chi connectivity index (χ1n) is 7.09. The largest absolute Gasteiger partial charge is 0.342 e. The Labute approximate surface area is 120 Å². The molecule has 6 nitrogen and oxygen atoms in total. The number of rotatable bonds is 3. The lowest BCUT2D eigenvalue weighted by atomic mass is 10.0. The third kappa shape index (κ3) is 4.02. The first kappa shape index (κ1) is 15.4. The van der Waals surface area contributed by atoms with Crippen molar-refractivity contribution in [3.8, 4) is 0 Å². The van der Waals surface area contributed by atoms with Crippen LogP contribution in [-0.4, -0.2) is 73.6 Å². The molecule has 0 aromatic heterocycles. The Morgan fingerprint density at radius 1 is 1.05 bits per heavy atom. The van der Waals surface area contributed by atoms with E-state index < -0.39 is 9.84 Å². The number of carbonyl (C=O) groups excluding carboxylic acids is 2. The van der Waals surface area contributed by atoms with Crippen molar-refractivity contribution in [1.29, 1.82) is 0 Å². The maximum absolute atomic E-state index is 11.8. The van der Waals surface area contributed by atoms with Gasteiger partial charge in [-0.3, -0.25) is 14.5 Å². The lowest BCUT2D eigenvalue weighted by Gasteiger charge is -2.40. The first-order valence-corrected chi connectivity index (χ1v) is 8.91. The van der Waals surface area contributed by atoms with Crippen LogP contribution in [-0.2, 0) is 19.4 Å². The topological polar surface area (TPSA) is 74.8 Å². The summed E-state index contributed by atoms with van der Waals surface area (Å²) in [6.07, 6.45) is 1.72. The minimum Gasteiger partial charge on any atom is -0.342 e. The summed E-state index contributed by atoms with van der Waals surface area (Å²) < 4.78 is 22.8. The summed E-state index contributed by atoms with van der Waals surface area (Å²) in [5.74, 6) is 0.308. The molecule has 0 unspecified atom stereocenters. The quantitative estimate of drug-likeness (QED) is 0.668. The van der Waals surface area contributed by atoms with Crippen molar-refractivity contribution >= 4 is 21.5 Å². The second-order valence-corrected chi connectivity index (χ2v) is 7.98. The van der Waals surface area contributed by atoms with Crippen LogP contribution in [0.2, 0.25) is 0 Å². The maximum Gasteiger partial charge on any atom is 0.230 e. The van der Waals surface area contributed by atoms with Gasteiger partial charge in [0.05, 0.1) is 17.9 Å². The molecule has 0 spiro atoms. The van der Waals surface area contributed by atoms with Crippen LogP contribution in [0.1, 0.15) is 26.2 Å². The summed E-state index contributed by atoms with van der Waals surface area (Å²) in [5, 5.41) is 0. The molecule has 2 aliphatic heterocycles. The number of amides is 1. The highest BCUT2D eigenvalue weighted by Crippen LogP contribution is 2.19. The average Bonchev–Trinajstić information content (AvgIpc) is 2.38. The lowest BCUT2D eigenvalue weighted by molar-refractivity contribution is -0.136. The fraction of sp³-hybridized carbons (Fsp3) is 0.846. The van der Waals surface area contributed by atoms with Crippen LogP contribution in [0.15, 0.2) is 0 Å². The van der Waals surface area contributed by atoms with Gasteiger partial charge in [-0.25, -0.2) is 8.42 Å². The van der Waals surface area contributed by atoms with E-state index >= 15 is 0 Å². The van der Waals surface area contributed by atoms with Crippen LogP contribution in [0, 0.1) is 0 Å². The molecule has 114 valence electrons. The van der Waals surface area contributed by atoms with Crippen molar-refractivity contribution in [2.75, 3.05) is 37.7 Å². The van der Waals surface area contributed by atoms with Crippen molar-refractivity contribution in [3.63, 3.8) is 0 Å². The number of likely N-dealkylation sites (tertiary alicyclic amines) is 1. The van der Waals surface area contributed by atoms with Gasteiger partial charge in [-0.1, -0.05) is 0 Å². The van der Waals surface area contributed by atoms with Crippen molar-refractivity contribution in [3.05, 3.63) is 0 Å². The average molecular weight is 302 g/mol. The molecular weight excluding hydrogens is 280 g/mol. The molecule has 2 saturated heterocycles. The number of hydrogen-bond acceptors (Lipinski definition) is 5. The Hall–Kier alpha value is -0.950. The van der Waals surface area contributed by atoms with Gasteiger partial charge in [0.1, 0.15) is 5.78 Å². The molecule has 1 amide bonds. The number of piperidine rings is 1. The lowest BCUT2D eigenvalue weighted by Crippen LogP contribution is -2.51. The van der Waals surface area contributed by atoms with E-state index in [0.717, 1.165) is 12.8 Å². The van der Waals surface area contributed by atoms with Crippen LogP contribution in [0.3, 0.4) is 0 Å². The molecule has 2 fully saturated rings. The zero-order valence-electron chi connectivity index (χ0n) is 11.9. The first-order chi connectivity index (χ1) is 9.37. The van der Waals surface area contributed by atoms with Gasteiger partial charge < -0.3 is 4.90 Å². The summed E-state index contributed by atoms with van der Waals surface area (Å²) in [6.45, 7) is 3.97. The molecule has 0 atom stereocenters. The number of Topliss-reactive ketones (excluding diaryl/α,β-unsaturated/α-hetero) is 1. The monoisotopic (exact) mass is 302 g/mol. The fourth-order valence-electron chi connectivity index (χ4n) is 2.90. The van der Waals surface area contributed by atoms with E-state index in [-0.39, 0.29) is 29.6 Å². The number of ketones is 1. The highest BCUT2D eigenvalue weighted by atomic mass is 32.2. The van der Waals surface area contributed by atoms with E-state index in [4.69, 9.17) is 0 Å². The molecule has 0 N–H and O–H groups in total. The Kier molecular flexibility index (Phi) is 4.80. The second kappa shape index (κ2) is 6.22. The van der Waals surface area contributed by atoms with Crippen LogP contribution >= 0.6 is 0 Å². The molecular formula is C13H22N2O4S. The van der Waals surface area contributed by atoms with Crippen molar-refractivity contribution in [2.45, 2.75) is 32.2 Å². The predicted octanol–water partition coefficient (Wildman–Crippen LogP) is -0.313. The van der Waals surface area contributed by atoms with Crippen LogP contribution in [0.4, 0.5) is 0 Å². The maximum atomic E-state index is 11.8. The predicted molar refractivity (Wildman–Crippen MR) is 75.1 cm³/mol. The van der Waals surface area contributed by atoms with Gasteiger partial charge in [-0.05, 0) is 19.8 Å². The van der Waals surface area contributed by atoms with Gasteiger partial charge in [0, 0.05) is 32.2 Å². The van der Waals surface area contributed by atoms with Gasteiger partial charge >= 0.3 is 0 Å². The number of sulfone groups is 1. The van der Waals surface area contributed by atoms with E-state index in [2.05, 4.69) is 4.90 Å². The molecule has 20 heavy (non-hydrogen) atoms.